The summed E-state index contributed by atoms with van der Waals surface area (Å²) in [6.45, 7) is 11.4. The fraction of sp³-hybridized carbons (Fsp3) is 0.308. The number of aryl methyl sites for hydroxylation is 1. The van der Waals surface area contributed by atoms with Crippen LogP contribution in [-0.4, -0.2) is 12.1 Å². The molecule has 0 fully saturated rings. The van der Waals surface area contributed by atoms with Crippen LogP contribution in [0.1, 0.15) is 39.2 Å². The Morgan fingerprint density at radius 1 is 1.33 bits per heavy atom. The topological polar surface area (TPSA) is 72.0 Å². The number of thioether (sulfide) groups is 1. The smallest absolute Gasteiger partial charge is 0.482 e. The van der Waals surface area contributed by atoms with E-state index in [4.69, 9.17) is 11.1 Å². The summed E-state index contributed by atoms with van der Waals surface area (Å²) in [5.74, 6) is 0.218. The molecule has 0 aliphatic heterocycles. The van der Waals surface area contributed by atoms with Crippen molar-refractivity contribution in [3.05, 3.63) is 95.0 Å². The summed E-state index contributed by atoms with van der Waals surface area (Å²) in [5, 5.41) is 11.6. The Morgan fingerprint density at radius 2 is 2.00 bits per heavy atom. The van der Waals surface area contributed by atoms with Crippen molar-refractivity contribution in [1.29, 1.82) is 5.41 Å². The van der Waals surface area contributed by atoms with Gasteiger partial charge in [-0.25, -0.2) is 4.39 Å². The van der Waals surface area contributed by atoms with E-state index in [-0.39, 0.29) is 74.9 Å². The predicted octanol–water partition coefficient (Wildman–Crippen LogP) is 5.13. The van der Waals surface area contributed by atoms with Crippen LogP contribution in [0.2, 0.25) is 0 Å². The Labute approximate surface area is 245 Å². The summed E-state index contributed by atoms with van der Waals surface area (Å²) >= 11 is 1.70. The molecule has 0 spiro atoms. The van der Waals surface area contributed by atoms with Gasteiger partial charge in [-0.05, 0) is 50.8 Å². The van der Waals surface area contributed by atoms with E-state index in [0.717, 1.165) is 11.3 Å². The molecule has 0 saturated heterocycles. The van der Waals surface area contributed by atoms with Crippen LogP contribution in [0.5, 0.6) is 0 Å². The Hall–Kier alpha value is -1.22. The Kier molecular flexibility index (Phi) is 17.5. The van der Waals surface area contributed by atoms with Crippen molar-refractivity contribution in [2.75, 3.05) is 0 Å². The van der Waals surface area contributed by atoms with E-state index in [1.165, 1.54) is 16.5 Å². The normalized spacial score (nSPS) is 18.0. The van der Waals surface area contributed by atoms with Crippen LogP contribution in [0.15, 0.2) is 93.7 Å². The van der Waals surface area contributed by atoms with E-state index in [2.05, 4.69) is 55.2 Å². The standard InChI is InChI=1S/C19H23N4S.C7H11F.K/c1-13-4-8-18(9-5-13)24-15(3)11-22-23-12-17-7-6-16(19(20)21)10-14(17)2;1-3-5-6-7(8)4-2;/h4-12,14,17,22H,1-3H3,(H2-,20,21);3-4H,1,5-6H2,2H3;/q-1;;+1/b15-11+,23-12+;7-4+;. The second-order valence-corrected chi connectivity index (χ2v) is 8.75. The number of hydrazone groups is 1. The van der Waals surface area contributed by atoms with Crippen molar-refractivity contribution in [3.63, 3.8) is 0 Å². The molecule has 4 nitrogen and oxygen atoms in total. The van der Waals surface area contributed by atoms with Gasteiger partial charge in [0.25, 0.3) is 0 Å². The van der Waals surface area contributed by atoms with Crippen LogP contribution in [0, 0.1) is 24.2 Å². The summed E-state index contributed by atoms with van der Waals surface area (Å²) < 4.78 is 12.1. The first-order valence-electron chi connectivity index (χ1n) is 10.6. The van der Waals surface area contributed by atoms with Crippen LogP contribution in [0.25, 0.3) is 5.73 Å². The van der Waals surface area contributed by atoms with Crippen LogP contribution < -0.4 is 56.8 Å². The first-order valence-corrected chi connectivity index (χ1v) is 11.4. The number of allylic oxidation sites excluding steroid dienone is 6. The molecule has 1 aliphatic carbocycles. The number of amidine groups is 1. The molecule has 1 aliphatic rings. The molecule has 172 valence electrons. The van der Waals surface area contributed by atoms with Gasteiger partial charge in [0.1, 0.15) is 0 Å². The van der Waals surface area contributed by atoms with E-state index in [1.807, 2.05) is 37.6 Å². The molecule has 33 heavy (non-hydrogen) atoms. The number of hydrogen-bond acceptors (Lipinski definition) is 4. The summed E-state index contributed by atoms with van der Waals surface area (Å²) in [4.78, 5) is 2.34. The van der Waals surface area contributed by atoms with Gasteiger partial charge in [-0.15, -0.1) is 6.58 Å². The minimum Gasteiger partial charge on any atom is -0.482 e. The zero-order valence-corrected chi connectivity index (χ0v) is 24.3. The molecule has 0 amide bonds. The summed E-state index contributed by atoms with van der Waals surface area (Å²) in [6, 6.07) is 8.44. The summed E-state index contributed by atoms with van der Waals surface area (Å²) in [7, 11) is 0. The SMILES string of the molecule is C/C(=C\N/N=C/C1C=CC(C(=N)[NH-])=CC1C)Sc1ccc(C)cc1.C=CCC/C(F)=C\C.[K+]. The third-order valence-electron chi connectivity index (χ3n) is 4.63. The maximum atomic E-state index is 12.1. The van der Waals surface area contributed by atoms with Crippen LogP contribution in [-0.2, 0) is 0 Å². The van der Waals surface area contributed by atoms with E-state index >= 15 is 0 Å². The van der Waals surface area contributed by atoms with Gasteiger partial charge in [0.05, 0.1) is 5.83 Å². The van der Waals surface area contributed by atoms with E-state index in [0.29, 0.717) is 12.0 Å². The molecular formula is C26H34FKN4S. The molecule has 0 bridgehead atoms. The molecule has 0 aromatic heterocycles. The molecule has 0 heterocycles. The fourth-order valence-corrected chi connectivity index (χ4v) is 3.41. The largest absolute Gasteiger partial charge is 1.00 e. The molecule has 0 radical (unpaired) electrons. The van der Waals surface area contributed by atoms with Crippen molar-refractivity contribution in [3.8, 4) is 0 Å². The van der Waals surface area contributed by atoms with Gasteiger partial charge < -0.3 is 11.1 Å². The van der Waals surface area contributed by atoms with Gasteiger partial charge >= 0.3 is 51.4 Å². The predicted molar refractivity (Wildman–Crippen MR) is 139 cm³/mol. The van der Waals surface area contributed by atoms with Gasteiger partial charge in [-0.2, -0.15) is 5.10 Å². The number of nitrogens with one attached hydrogen (secondary N) is 3. The molecule has 3 N–H and O–H groups in total. The molecule has 7 heteroatoms. The maximum absolute atomic E-state index is 12.1. The summed E-state index contributed by atoms with van der Waals surface area (Å²) in [6.07, 6.45) is 13.9. The second kappa shape index (κ2) is 18.1. The van der Waals surface area contributed by atoms with Gasteiger partial charge in [0.15, 0.2) is 0 Å². The van der Waals surface area contributed by atoms with Crippen molar-refractivity contribution in [1.82, 2.24) is 5.43 Å². The first-order chi connectivity index (χ1) is 15.3. The van der Waals surface area contributed by atoms with Gasteiger partial charge in [0.2, 0.25) is 0 Å². The van der Waals surface area contributed by atoms with E-state index in [1.54, 1.807) is 24.8 Å². The molecule has 0 saturated carbocycles. The zero-order chi connectivity index (χ0) is 23.9. The van der Waals surface area contributed by atoms with Gasteiger partial charge in [0, 0.05) is 34.6 Å². The number of benzene rings is 1. The maximum Gasteiger partial charge on any atom is 1.00 e. The average molecular weight is 493 g/mol. The number of hydrogen-bond donors (Lipinski definition) is 2. The van der Waals surface area contributed by atoms with E-state index in [9.17, 15) is 4.39 Å². The number of halogens is 1. The molecule has 2 atom stereocenters. The number of rotatable bonds is 9. The van der Waals surface area contributed by atoms with Crippen molar-refractivity contribution >= 4 is 23.8 Å². The Balaban J connectivity index is 0.000000978. The van der Waals surface area contributed by atoms with Crippen LogP contribution >= 0.6 is 11.8 Å². The average Bonchev–Trinajstić information content (AvgIpc) is 2.77. The van der Waals surface area contributed by atoms with Crippen molar-refractivity contribution < 1.29 is 55.8 Å². The Bertz CT molecular complexity index is 901. The van der Waals surface area contributed by atoms with Crippen molar-refractivity contribution in [2.24, 2.45) is 16.9 Å². The molecule has 1 aromatic carbocycles. The van der Waals surface area contributed by atoms with Gasteiger partial charge in [-0.3, -0.25) is 5.43 Å². The quantitative estimate of drug-likeness (QED) is 0.125. The molecule has 1 aromatic rings. The monoisotopic (exact) mass is 492 g/mol. The minimum absolute atomic E-state index is 0. The van der Waals surface area contributed by atoms with Crippen LogP contribution in [0.3, 0.4) is 0 Å². The number of nitrogens with zero attached hydrogens (tertiary/aromatic N) is 1. The van der Waals surface area contributed by atoms with Crippen LogP contribution in [0.4, 0.5) is 4.39 Å². The molecule has 2 rings (SSSR count). The zero-order valence-electron chi connectivity index (χ0n) is 20.4. The van der Waals surface area contributed by atoms with E-state index < -0.39 is 0 Å². The molecule has 2 unspecified atom stereocenters. The third kappa shape index (κ3) is 13.9. The molecular weight excluding hydrogens is 458 g/mol. The third-order valence-corrected chi connectivity index (χ3v) is 5.57. The first kappa shape index (κ1) is 31.8. The van der Waals surface area contributed by atoms with Crippen molar-refractivity contribution in [2.45, 2.75) is 45.4 Å². The van der Waals surface area contributed by atoms with Gasteiger partial charge in [-0.1, -0.05) is 72.6 Å². The fourth-order valence-electron chi connectivity index (χ4n) is 2.66. The Morgan fingerprint density at radius 3 is 2.55 bits per heavy atom. The minimum atomic E-state index is -0.140. The summed E-state index contributed by atoms with van der Waals surface area (Å²) in [5.41, 5.74) is 12.3. The second-order valence-electron chi connectivity index (χ2n) is 7.43.